The third-order valence-corrected chi connectivity index (χ3v) is 3.77. The molecule has 0 spiro atoms. The van der Waals surface area contributed by atoms with Crippen LogP contribution in [0, 0.1) is 0 Å². The second kappa shape index (κ2) is 7.14. The lowest BCUT2D eigenvalue weighted by Gasteiger charge is -2.19. The lowest BCUT2D eigenvalue weighted by atomic mass is 10.1. The third-order valence-electron chi connectivity index (χ3n) is 2.84. The lowest BCUT2D eigenvalue weighted by Crippen LogP contribution is -2.32. The van der Waals surface area contributed by atoms with Gasteiger partial charge in [0.25, 0.3) is 0 Å². The highest BCUT2D eigenvalue weighted by atomic mass is 79.9. The highest BCUT2D eigenvalue weighted by Gasteiger charge is 2.23. The first kappa shape index (κ1) is 15.4. The Kier molecular flexibility index (Phi) is 5.50. The van der Waals surface area contributed by atoms with E-state index in [1.807, 2.05) is 4.68 Å². The zero-order chi connectivity index (χ0) is 14.5. The number of nitrogens with zero attached hydrogens (tertiary/aromatic N) is 3. The van der Waals surface area contributed by atoms with Crippen molar-refractivity contribution in [3.8, 4) is 0 Å². The van der Waals surface area contributed by atoms with E-state index in [1.165, 1.54) is 0 Å². The molecule has 0 fully saturated rings. The number of nitrogens with one attached hydrogen (secondary N) is 1. The molecule has 0 radical (unpaired) electrons. The van der Waals surface area contributed by atoms with E-state index in [4.69, 9.17) is 22.2 Å². The van der Waals surface area contributed by atoms with Crippen molar-refractivity contribution in [2.45, 2.75) is 12.6 Å². The van der Waals surface area contributed by atoms with Gasteiger partial charge in [0, 0.05) is 13.3 Å². The zero-order valence-electron chi connectivity index (χ0n) is 10.9. The molecule has 20 heavy (non-hydrogen) atoms. The summed E-state index contributed by atoms with van der Waals surface area (Å²) in [7, 11) is 1.65. The Hall–Kier alpha value is -0.990. The molecule has 0 aromatic carbocycles. The number of methoxy groups -OCH3 is 1. The number of hydrogen-bond acceptors (Lipinski definition) is 5. The molecule has 0 bridgehead atoms. The summed E-state index contributed by atoms with van der Waals surface area (Å²) in [4.78, 5) is 4.30. The highest BCUT2D eigenvalue weighted by molar-refractivity contribution is 9.10. The van der Waals surface area contributed by atoms with Gasteiger partial charge in [-0.15, -0.1) is 0 Å². The van der Waals surface area contributed by atoms with E-state index >= 15 is 0 Å². The number of ether oxygens (including phenoxy) is 1. The van der Waals surface area contributed by atoms with Crippen molar-refractivity contribution < 1.29 is 4.74 Å². The molecule has 0 saturated carbocycles. The van der Waals surface area contributed by atoms with Crippen LogP contribution in [-0.2, 0) is 11.3 Å². The third kappa shape index (κ3) is 3.18. The summed E-state index contributed by atoms with van der Waals surface area (Å²) in [5.74, 6) is 5.69. The molecule has 1 atom stereocenters. The van der Waals surface area contributed by atoms with Gasteiger partial charge in [0.15, 0.2) is 0 Å². The van der Waals surface area contributed by atoms with E-state index in [0.717, 1.165) is 10.2 Å². The van der Waals surface area contributed by atoms with Crippen molar-refractivity contribution in [1.82, 2.24) is 20.2 Å². The van der Waals surface area contributed by atoms with E-state index < -0.39 is 0 Å². The molecule has 108 valence electrons. The van der Waals surface area contributed by atoms with E-state index in [2.05, 4.69) is 31.4 Å². The number of rotatable bonds is 6. The summed E-state index contributed by atoms with van der Waals surface area (Å²) < 4.78 is 7.72. The van der Waals surface area contributed by atoms with E-state index in [0.29, 0.717) is 23.9 Å². The molecular weight excluding hydrogens is 346 g/mol. The number of pyridine rings is 1. The summed E-state index contributed by atoms with van der Waals surface area (Å²) in [6, 6.07) is 3.19. The Morgan fingerprint density at radius 3 is 3.05 bits per heavy atom. The topological polar surface area (TPSA) is 78.0 Å². The largest absolute Gasteiger partial charge is 0.383 e. The van der Waals surface area contributed by atoms with Crippen LogP contribution in [0.25, 0.3) is 0 Å². The molecule has 0 amide bonds. The maximum absolute atomic E-state index is 6.20. The first-order chi connectivity index (χ1) is 9.69. The fourth-order valence-electron chi connectivity index (χ4n) is 1.91. The van der Waals surface area contributed by atoms with Crippen molar-refractivity contribution in [3.63, 3.8) is 0 Å². The number of nitrogens with two attached hydrogens (primary N) is 1. The van der Waals surface area contributed by atoms with Crippen LogP contribution in [0.3, 0.4) is 0 Å². The van der Waals surface area contributed by atoms with Crippen LogP contribution in [-0.4, -0.2) is 28.5 Å². The van der Waals surface area contributed by atoms with Gasteiger partial charge in [0.05, 0.1) is 40.2 Å². The predicted octanol–water partition coefficient (Wildman–Crippen LogP) is 1.89. The molecule has 1 unspecified atom stereocenters. The van der Waals surface area contributed by atoms with Crippen LogP contribution in [0.2, 0.25) is 5.02 Å². The van der Waals surface area contributed by atoms with Crippen molar-refractivity contribution in [3.05, 3.63) is 45.4 Å². The molecular formula is C12H15BrClN5O. The van der Waals surface area contributed by atoms with Crippen LogP contribution < -0.4 is 11.3 Å². The monoisotopic (exact) mass is 359 g/mol. The van der Waals surface area contributed by atoms with Gasteiger partial charge in [-0.25, -0.2) is 5.43 Å². The van der Waals surface area contributed by atoms with Crippen molar-refractivity contribution in [2.24, 2.45) is 5.84 Å². The molecule has 2 aromatic heterocycles. The Labute approximate surface area is 130 Å². The fourth-order valence-corrected chi connectivity index (χ4v) is 2.67. The second-order valence-electron chi connectivity index (χ2n) is 4.06. The number of hydrazine groups is 1. The van der Waals surface area contributed by atoms with Crippen LogP contribution in [0.5, 0.6) is 0 Å². The molecule has 2 rings (SSSR count). The van der Waals surface area contributed by atoms with Crippen LogP contribution in [0.15, 0.2) is 29.0 Å². The van der Waals surface area contributed by atoms with E-state index in [1.54, 1.807) is 31.6 Å². The lowest BCUT2D eigenvalue weighted by molar-refractivity contribution is 0.182. The van der Waals surface area contributed by atoms with Gasteiger partial charge in [-0.1, -0.05) is 11.6 Å². The maximum Gasteiger partial charge on any atom is 0.107 e. The molecule has 8 heteroatoms. The van der Waals surface area contributed by atoms with Crippen molar-refractivity contribution >= 4 is 27.5 Å². The maximum atomic E-state index is 6.20. The molecule has 0 aliphatic carbocycles. The van der Waals surface area contributed by atoms with E-state index in [-0.39, 0.29) is 6.04 Å². The summed E-state index contributed by atoms with van der Waals surface area (Å²) >= 11 is 9.68. The Balaban J connectivity index is 2.42. The van der Waals surface area contributed by atoms with Gasteiger partial charge in [-0.05, 0) is 28.1 Å². The Bertz CT molecular complexity index is 577. The SMILES string of the molecule is COCCn1ncc(Br)c1C(NN)c1ncccc1Cl. The summed E-state index contributed by atoms with van der Waals surface area (Å²) in [6.07, 6.45) is 3.39. The van der Waals surface area contributed by atoms with Gasteiger partial charge < -0.3 is 4.74 Å². The second-order valence-corrected chi connectivity index (χ2v) is 5.33. The van der Waals surface area contributed by atoms with Crippen LogP contribution in [0.1, 0.15) is 17.4 Å². The number of halogens is 2. The Morgan fingerprint density at radius 2 is 2.40 bits per heavy atom. The van der Waals surface area contributed by atoms with Crippen LogP contribution in [0.4, 0.5) is 0 Å². The van der Waals surface area contributed by atoms with Gasteiger partial charge >= 0.3 is 0 Å². The average molecular weight is 361 g/mol. The molecule has 2 heterocycles. The van der Waals surface area contributed by atoms with Crippen molar-refractivity contribution in [2.75, 3.05) is 13.7 Å². The number of aromatic nitrogens is 3. The first-order valence-corrected chi connectivity index (χ1v) is 7.12. The van der Waals surface area contributed by atoms with Gasteiger partial charge in [0.1, 0.15) is 6.04 Å². The van der Waals surface area contributed by atoms with Gasteiger partial charge in [-0.2, -0.15) is 5.10 Å². The molecule has 3 N–H and O–H groups in total. The van der Waals surface area contributed by atoms with Gasteiger partial charge in [0.2, 0.25) is 0 Å². The van der Waals surface area contributed by atoms with E-state index in [9.17, 15) is 0 Å². The molecule has 6 nitrogen and oxygen atoms in total. The first-order valence-electron chi connectivity index (χ1n) is 5.95. The van der Waals surface area contributed by atoms with Crippen molar-refractivity contribution in [1.29, 1.82) is 0 Å². The van der Waals surface area contributed by atoms with Gasteiger partial charge in [-0.3, -0.25) is 15.5 Å². The molecule has 0 aliphatic heterocycles. The fraction of sp³-hybridized carbons (Fsp3) is 0.333. The quantitative estimate of drug-likeness (QED) is 0.607. The highest BCUT2D eigenvalue weighted by Crippen LogP contribution is 2.30. The minimum absolute atomic E-state index is 0.363. The minimum atomic E-state index is -0.363. The summed E-state index contributed by atoms with van der Waals surface area (Å²) in [6.45, 7) is 1.16. The zero-order valence-corrected chi connectivity index (χ0v) is 13.2. The smallest absolute Gasteiger partial charge is 0.107 e. The molecule has 0 saturated heterocycles. The standard InChI is InChI=1S/C12H15BrClN5O/c1-20-6-5-19-12(8(13)7-17-19)11(18-15)10-9(14)3-2-4-16-10/h2-4,7,11,18H,5-6,15H2,1H3. The summed E-state index contributed by atoms with van der Waals surface area (Å²) in [5, 5.41) is 4.84. The Morgan fingerprint density at radius 1 is 1.60 bits per heavy atom. The average Bonchev–Trinajstić information content (AvgIpc) is 2.81. The summed E-state index contributed by atoms with van der Waals surface area (Å²) in [5.41, 5.74) is 4.24. The normalized spacial score (nSPS) is 12.6. The molecule has 2 aromatic rings. The van der Waals surface area contributed by atoms with Crippen LogP contribution >= 0.6 is 27.5 Å². The number of hydrogen-bond donors (Lipinski definition) is 2. The minimum Gasteiger partial charge on any atom is -0.383 e. The molecule has 0 aliphatic rings. The predicted molar refractivity (Wildman–Crippen MR) is 80.2 cm³/mol.